The molecule has 166 valence electrons. The number of anilines is 1. The van der Waals surface area contributed by atoms with E-state index >= 15 is 0 Å². The van der Waals surface area contributed by atoms with E-state index in [4.69, 9.17) is 4.74 Å². The average Bonchev–Trinajstić information content (AvgIpc) is 3.31. The van der Waals surface area contributed by atoms with Crippen LogP contribution in [0.3, 0.4) is 0 Å². The summed E-state index contributed by atoms with van der Waals surface area (Å²) < 4.78 is 7.86. The van der Waals surface area contributed by atoms with E-state index in [-0.39, 0.29) is 29.4 Å². The summed E-state index contributed by atoms with van der Waals surface area (Å²) in [7, 11) is 0. The second kappa shape index (κ2) is 9.64. The van der Waals surface area contributed by atoms with Crippen molar-refractivity contribution in [1.82, 2.24) is 14.9 Å². The number of nitrogens with one attached hydrogen (secondary N) is 2. The second-order valence-electron chi connectivity index (χ2n) is 8.68. The number of aromatic nitrogens is 2. The highest BCUT2D eigenvalue weighted by Crippen LogP contribution is 2.53. The quantitative estimate of drug-likeness (QED) is 0.676. The van der Waals surface area contributed by atoms with Crippen molar-refractivity contribution in [2.75, 3.05) is 11.9 Å². The molecule has 2 fully saturated rings. The van der Waals surface area contributed by atoms with Gasteiger partial charge >= 0.3 is 0 Å². The van der Waals surface area contributed by atoms with Crippen LogP contribution in [0.4, 0.5) is 5.69 Å². The molecule has 0 bridgehead atoms. The molecule has 7 nitrogen and oxygen atoms in total. The molecule has 0 aliphatic heterocycles. The lowest BCUT2D eigenvalue weighted by molar-refractivity contribution is -0.146. The zero-order valence-electron chi connectivity index (χ0n) is 18.2. The minimum absolute atomic E-state index is 0.0839. The lowest BCUT2D eigenvalue weighted by Crippen LogP contribution is -2.65. The van der Waals surface area contributed by atoms with Gasteiger partial charge in [0.2, 0.25) is 5.91 Å². The summed E-state index contributed by atoms with van der Waals surface area (Å²) in [4.78, 5) is 29.2. The number of hydrogen-bond donors (Lipinski definition) is 2. The van der Waals surface area contributed by atoms with E-state index in [2.05, 4.69) is 15.6 Å². The lowest BCUT2D eigenvalue weighted by Gasteiger charge is -2.57. The molecular formula is C24H32N4O3. The minimum atomic E-state index is -0.0917. The van der Waals surface area contributed by atoms with E-state index in [0.29, 0.717) is 24.2 Å². The van der Waals surface area contributed by atoms with Crippen LogP contribution in [0.25, 0.3) is 0 Å². The third-order valence-electron chi connectivity index (χ3n) is 6.81. The molecule has 2 aliphatic rings. The summed E-state index contributed by atoms with van der Waals surface area (Å²) in [5.41, 5.74) is 1.29. The van der Waals surface area contributed by atoms with Crippen molar-refractivity contribution < 1.29 is 14.3 Å². The summed E-state index contributed by atoms with van der Waals surface area (Å²) >= 11 is 0. The van der Waals surface area contributed by atoms with Gasteiger partial charge in [-0.05, 0) is 44.4 Å². The number of carbonyl (C=O) groups excluding carboxylic acids is 2. The maximum absolute atomic E-state index is 13.0. The van der Waals surface area contributed by atoms with Gasteiger partial charge in [0.1, 0.15) is 0 Å². The van der Waals surface area contributed by atoms with Crippen molar-refractivity contribution in [3.8, 4) is 0 Å². The topological polar surface area (TPSA) is 85.3 Å². The van der Waals surface area contributed by atoms with E-state index < -0.39 is 0 Å². The molecular weight excluding hydrogens is 392 g/mol. The molecule has 1 spiro atoms. The van der Waals surface area contributed by atoms with E-state index in [1.54, 1.807) is 30.7 Å². The molecule has 2 N–H and O–H groups in total. The minimum Gasteiger partial charge on any atom is -0.378 e. The van der Waals surface area contributed by atoms with Crippen LogP contribution >= 0.6 is 0 Å². The Labute approximate surface area is 183 Å². The first-order chi connectivity index (χ1) is 15.1. The molecule has 0 radical (unpaired) electrons. The first kappa shape index (κ1) is 21.6. The molecule has 1 aromatic heterocycles. The largest absolute Gasteiger partial charge is 0.378 e. The zero-order chi connectivity index (χ0) is 21.7. The van der Waals surface area contributed by atoms with Gasteiger partial charge in [0.15, 0.2) is 0 Å². The Morgan fingerprint density at radius 3 is 2.84 bits per heavy atom. The molecule has 0 unspecified atom stereocenters. The SMILES string of the molecule is CCO[C@@H]1C[C@@H](NC(=O)c2cccc(NC(=O)CCn3ccnc3)c2)C12CCCCC2. The first-order valence-electron chi connectivity index (χ1n) is 11.4. The summed E-state index contributed by atoms with van der Waals surface area (Å²) in [6.07, 6.45) is 12.6. The fourth-order valence-corrected chi connectivity index (χ4v) is 5.12. The number of rotatable bonds is 8. The van der Waals surface area contributed by atoms with E-state index in [1.165, 1.54) is 19.3 Å². The smallest absolute Gasteiger partial charge is 0.251 e. The van der Waals surface area contributed by atoms with Gasteiger partial charge < -0.3 is 19.9 Å². The first-order valence-corrected chi connectivity index (χ1v) is 11.4. The Bertz CT molecular complexity index is 890. The van der Waals surface area contributed by atoms with Gasteiger partial charge in [0, 0.05) is 54.7 Å². The van der Waals surface area contributed by atoms with Gasteiger partial charge in [-0.3, -0.25) is 9.59 Å². The Kier molecular flexibility index (Phi) is 6.70. The third-order valence-corrected chi connectivity index (χ3v) is 6.81. The summed E-state index contributed by atoms with van der Waals surface area (Å²) in [6, 6.07) is 7.31. The molecule has 2 atom stereocenters. The molecule has 2 aromatic rings. The van der Waals surface area contributed by atoms with E-state index in [9.17, 15) is 9.59 Å². The number of hydrogen-bond acceptors (Lipinski definition) is 4. The monoisotopic (exact) mass is 424 g/mol. The van der Waals surface area contributed by atoms with Crippen LogP contribution in [0.2, 0.25) is 0 Å². The molecule has 31 heavy (non-hydrogen) atoms. The highest BCUT2D eigenvalue weighted by atomic mass is 16.5. The average molecular weight is 425 g/mol. The van der Waals surface area contributed by atoms with Gasteiger partial charge in [-0.25, -0.2) is 4.98 Å². The molecule has 4 rings (SSSR count). The van der Waals surface area contributed by atoms with Gasteiger partial charge in [-0.1, -0.05) is 25.3 Å². The molecule has 1 heterocycles. The number of carbonyl (C=O) groups is 2. The van der Waals surface area contributed by atoms with Crippen molar-refractivity contribution in [2.24, 2.45) is 5.41 Å². The Morgan fingerprint density at radius 1 is 1.26 bits per heavy atom. The number of ether oxygens (including phenoxy) is 1. The van der Waals surface area contributed by atoms with E-state index in [0.717, 1.165) is 25.9 Å². The Balaban J connectivity index is 1.35. The number of imidazole rings is 1. The molecule has 7 heteroatoms. The van der Waals surface area contributed by atoms with Crippen LogP contribution in [-0.2, 0) is 16.1 Å². The summed E-state index contributed by atoms with van der Waals surface area (Å²) in [6.45, 7) is 3.32. The number of aryl methyl sites for hydroxylation is 1. The molecule has 2 amide bonds. The van der Waals surface area contributed by atoms with Gasteiger partial charge in [-0.2, -0.15) is 0 Å². The van der Waals surface area contributed by atoms with Gasteiger partial charge in [-0.15, -0.1) is 0 Å². The highest BCUT2D eigenvalue weighted by Gasteiger charge is 2.56. The van der Waals surface area contributed by atoms with Crippen LogP contribution in [0.15, 0.2) is 43.0 Å². The lowest BCUT2D eigenvalue weighted by atomic mass is 9.55. The Hall–Kier alpha value is -2.67. The van der Waals surface area contributed by atoms with Crippen molar-refractivity contribution >= 4 is 17.5 Å². The molecule has 1 aromatic carbocycles. The third kappa shape index (κ3) is 4.82. The normalized spacial score (nSPS) is 22.0. The fourth-order valence-electron chi connectivity index (χ4n) is 5.12. The van der Waals surface area contributed by atoms with Crippen LogP contribution in [0.1, 0.15) is 62.2 Å². The highest BCUT2D eigenvalue weighted by molar-refractivity contribution is 5.97. The second-order valence-corrected chi connectivity index (χ2v) is 8.68. The molecule has 2 aliphatic carbocycles. The van der Waals surface area contributed by atoms with Crippen LogP contribution in [0.5, 0.6) is 0 Å². The maximum atomic E-state index is 13.0. The zero-order valence-corrected chi connectivity index (χ0v) is 18.2. The number of nitrogens with zero attached hydrogens (tertiary/aromatic N) is 2. The Morgan fingerprint density at radius 2 is 2.10 bits per heavy atom. The van der Waals surface area contributed by atoms with Crippen molar-refractivity contribution in [3.63, 3.8) is 0 Å². The van der Waals surface area contributed by atoms with Gasteiger partial charge in [0.25, 0.3) is 5.91 Å². The van der Waals surface area contributed by atoms with Crippen molar-refractivity contribution in [2.45, 2.75) is 70.6 Å². The summed E-state index contributed by atoms with van der Waals surface area (Å²) in [5.74, 6) is -0.176. The predicted molar refractivity (Wildman–Crippen MR) is 119 cm³/mol. The van der Waals surface area contributed by atoms with E-state index in [1.807, 2.05) is 23.8 Å². The van der Waals surface area contributed by atoms with Gasteiger partial charge in [0.05, 0.1) is 12.4 Å². The summed E-state index contributed by atoms with van der Waals surface area (Å²) in [5, 5.41) is 6.15. The molecule has 2 saturated carbocycles. The molecule has 0 saturated heterocycles. The predicted octanol–water partition coefficient (Wildman–Crippen LogP) is 3.77. The van der Waals surface area contributed by atoms with Crippen molar-refractivity contribution in [1.29, 1.82) is 0 Å². The fraction of sp³-hybridized carbons (Fsp3) is 0.542. The van der Waals surface area contributed by atoms with Crippen LogP contribution in [-0.4, -0.2) is 40.1 Å². The van der Waals surface area contributed by atoms with Crippen molar-refractivity contribution in [3.05, 3.63) is 48.5 Å². The standard InChI is InChI=1S/C24H32N4O3/c1-2-31-21-16-20(24(21)10-4-3-5-11-24)27-23(30)18-7-6-8-19(15-18)26-22(29)9-13-28-14-12-25-17-28/h6-8,12,14-15,17,20-21H,2-5,9-11,13,16H2,1H3,(H,26,29)(H,27,30)/t20-,21-/m1/s1. The van der Waals surface area contributed by atoms with Crippen LogP contribution < -0.4 is 10.6 Å². The number of amides is 2. The van der Waals surface area contributed by atoms with Crippen LogP contribution in [0, 0.1) is 5.41 Å². The maximum Gasteiger partial charge on any atom is 0.251 e. The number of benzene rings is 1.